The largest absolute Gasteiger partial charge is 0.309 e. The Morgan fingerprint density at radius 3 is 1.73 bits per heavy atom. The predicted octanol–water partition coefficient (Wildman–Crippen LogP) is 11.4. The van der Waals surface area contributed by atoms with Gasteiger partial charge in [0.25, 0.3) is 12.0 Å². The summed E-state index contributed by atoms with van der Waals surface area (Å²) in [5.74, 6) is 1.10. The number of hydrogen-bond acceptors (Lipinski definition) is 1. The van der Waals surface area contributed by atoms with Crippen LogP contribution in [-0.4, -0.2) is 19.5 Å². The van der Waals surface area contributed by atoms with Gasteiger partial charge in [-0.15, -0.1) is 0 Å². The smallest absolute Gasteiger partial charge is 0.289 e. The number of amidine groups is 1. The fourth-order valence-corrected chi connectivity index (χ4v) is 8.38. The monoisotopic (exact) mass is 665 g/mol. The third-order valence-electron chi connectivity index (χ3n) is 10.8. The molecule has 1 unspecified atom stereocenters. The lowest BCUT2D eigenvalue weighted by atomic mass is 10.0. The second kappa shape index (κ2) is 11.3. The van der Waals surface area contributed by atoms with Gasteiger partial charge < -0.3 is 9.13 Å². The number of fused-ring (bicyclic) bond motifs is 7. The average molecular weight is 666 g/mol. The summed E-state index contributed by atoms with van der Waals surface area (Å²) in [5.41, 5.74) is 10.6. The number of nitrogens with zero attached hydrogens (tertiary/aromatic N) is 3. The molecule has 10 aromatic rings. The molecule has 1 N–H and O–H groups in total. The highest BCUT2D eigenvalue weighted by atomic mass is 15.3. The molecule has 0 saturated carbocycles. The first kappa shape index (κ1) is 28.9. The summed E-state index contributed by atoms with van der Waals surface area (Å²) in [6.45, 7) is 0. The molecule has 0 aliphatic carbocycles. The van der Waals surface area contributed by atoms with E-state index < -0.39 is 0 Å². The molecule has 4 nitrogen and oxygen atoms in total. The predicted molar refractivity (Wildman–Crippen MR) is 215 cm³/mol. The standard InChI is InChI=1S/C48H32N4/c1-3-17-36(18-4-1)50-43-24-11-9-22-39(43)41-30-42-40-23-10-12-25-44(40)51(46(42)31-45(41)50)38-21-13-16-34(29-38)47-49-48(52(47)37-19-5-2-6-20-37)35-27-26-32-14-7-8-15-33(32)28-35/h1-31,48H/p+1. The molecule has 0 saturated heterocycles. The van der Waals surface area contributed by atoms with Crippen LogP contribution in [0.1, 0.15) is 17.3 Å². The van der Waals surface area contributed by atoms with Crippen molar-refractivity contribution in [1.82, 2.24) is 14.5 Å². The molecule has 2 aromatic heterocycles. The molecule has 0 fully saturated rings. The minimum atomic E-state index is 0.0205. The number of nitrogens with one attached hydrogen (secondary N) is 1. The van der Waals surface area contributed by atoms with Crippen LogP contribution in [0.15, 0.2) is 188 Å². The zero-order valence-electron chi connectivity index (χ0n) is 28.3. The van der Waals surface area contributed by atoms with Gasteiger partial charge >= 0.3 is 0 Å². The molecule has 0 amide bonds. The summed E-state index contributed by atoms with van der Waals surface area (Å²) in [6, 6.07) is 68.1. The third kappa shape index (κ3) is 4.31. The lowest BCUT2D eigenvalue weighted by Crippen LogP contribution is -2.51. The maximum Gasteiger partial charge on any atom is 0.289 e. The molecule has 1 aliphatic rings. The Hall–Kier alpha value is -6.91. The fraction of sp³-hybridized carbons (Fsp3) is 0.0208. The number of hydrogen-bond donors (Lipinski definition) is 1. The Balaban J connectivity index is 1.12. The Morgan fingerprint density at radius 2 is 1.00 bits per heavy atom. The van der Waals surface area contributed by atoms with Gasteiger partial charge in [0.05, 0.1) is 27.6 Å². The molecular formula is C48H33N4+. The molecule has 0 radical (unpaired) electrons. The van der Waals surface area contributed by atoms with Crippen LogP contribution in [0, 0.1) is 0 Å². The average Bonchev–Trinajstić information content (AvgIpc) is 3.69. The van der Waals surface area contributed by atoms with Crippen LogP contribution >= 0.6 is 0 Å². The second-order valence-corrected chi connectivity index (χ2v) is 13.7. The quantitative estimate of drug-likeness (QED) is 0.182. The lowest BCUT2D eigenvalue weighted by Gasteiger charge is -2.29. The summed E-state index contributed by atoms with van der Waals surface area (Å²) in [4.78, 5) is 0. The topological polar surface area (TPSA) is 24.9 Å². The molecule has 0 bridgehead atoms. The number of rotatable bonds is 5. The van der Waals surface area contributed by atoms with Gasteiger partial charge in [0, 0.05) is 38.5 Å². The van der Waals surface area contributed by atoms with Crippen LogP contribution in [0.3, 0.4) is 0 Å². The van der Waals surface area contributed by atoms with Crippen molar-refractivity contribution < 1.29 is 4.58 Å². The van der Waals surface area contributed by atoms with Crippen molar-refractivity contribution in [3.63, 3.8) is 0 Å². The van der Waals surface area contributed by atoms with E-state index >= 15 is 0 Å². The van der Waals surface area contributed by atoms with Crippen LogP contribution in [0.4, 0.5) is 5.69 Å². The molecule has 52 heavy (non-hydrogen) atoms. The number of benzene rings is 8. The van der Waals surface area contributed by atoms with Gasteiger partial charge in [-0.3, -0.25) is 0 Å². The van der Waals surface area contributed by atoms with E-state index in [4.69, 9.17) is 0 Å². The molecule has 244 valence electrons. The third-order valence-corrected chi connectivity index (χ3v) is 10.8. The Labute approximate surface area is 300 Å². The summed E-state index contributed by atoms with van der Waals surface area (Å²) in [5, 5.41) is 11.4. The molecule has 11 rings (SSSR count). The van der Waals surface area contributed by atoms with Crippen molar-refractivity contribution in [2.75, 3.05) is 0 Å². The van der Waals surface area contributed by atoms with Crippen LogP contribution < -0.4 is 5.32 Å². The van der Waals surface area contributed by atoms with Crippen molar-refractivity contribution in [2.24, 2.45) is 0 Å². The van der Waals surface area contributed by atoms with E-state index in [0.29, 0.717) is 0 Å². The fourth-order valence-electron chi connectivity index (χ4n) is 8.38. The Morgan fingerprint density at radius 1 is 0.404 bits per heavy atom. The summed E-state index contributed by atoms with van der Waals surface area (Å²) in [6.07, 6.45) is 0.0205. The molecule has 0 spiro atoms. The van der Waals surface area contributed by atoms with Gasteiger partial charge in [0.2, 0.25) is 0 Å². The van der Waals surface area contributed by atoms with Crippen molar-refractivity contribution in [1.29, 1.82) is 0 Å². The number of aromatic nitrogens is 2. The van der Waals surface area contributed by atoms with Crippen molar-refractivity contribution >= 4 is 65.9 Å². The highest BCUT2D eigenvalue weighted by molar-refractivity contribution is 6.19. The second-order valence-electron chi connectivity index (χ2n) is 13.7. The van der Waals surface area contributed by atoms with E-state index in [9.17, 15) is 0 Å². The van der Waals surface area contributed by atoms with Gasteiger partial charge in [0.1, 0.15) is 5.69 Å². The first-order chi connectivity index (χ1) is 25.8. The van der Waals surface area contributed by atoms with E-state index in [1.807, 2.05) is 0 Å². The van der Waals surface area contributed by atoms with Crippen molar-refractivity contribution in [3.05, 3.63) is 199 Å². The zero-order valence-corrected chi connectivity index (χ0v) is 28.3. The van der Waals surface area contributed by atoms with E-state index in [0.717, 1.165) is 28.5 Å². The minimum absolute atomic E-state index is 0.0205. The Bertz CT molecular complexity index is 3040. The molecule has 4 heteroatoms. The van der Waals surface area contributed by atoms with E-state index in [1.54, 1.807) is 0 Å². The van der Waals surface area contributed by atoms with Crippen LogP contribution in [0.5, 0.6) is 0 Å². The van der Waals surface area contributed by atoms with Crippen LogP contribution in [-0.2, 0) is 0 Å². The summed E-state index contributed by atoms with van der Waals surface area (Å²) >= 11 is 0. The van der Waals surface area contributed by atoms with Gasteiger partial charge in [-0.2, -0.15) is 4.58 Å². The highest BCUT2D eigenvalue weighted by Crippen LogP contribution is 2.40. The van der Waals surface area contributed by atoms with Gasteiger partial charge in [-0.05, 0) is 89.6 Å². The molecule has 1 atom stereocenters. The highest BCUT2D eigenvalue weighted by Gasteiger charge is 2.40. The first-order valence-electron chi connectivity index (χ1n) is 17.9. The van der Waals surface area contributed by atoms with Crippen LogP contribution in [0.2, 0.25) is 0 Å². The van der Waals surface area contributed by atoms with Gasteiger partial charge in [0.15, 0.2) is 0 Å². The van der Waals surface area contributed by atoms with Gasteiger partial charge in [-0.25, -0.2) is 5.32 Å². The SMILES string of the molecule is c1ccc(-n2c3ccccc3c3cc4c5ccccc5n(-c5cccc(C6=[N+](c7ccccc7)C(c7ccc8ccccc8c7)N6)c5)c4cc32)cc1. The lowest BCUT2D eigenvalue weighted by molar-refractivity contribution is -0.531. The molecule has 3 heterocycles. The molecule has 8 aromatic carbocycles. The summed E-state index contributed by atoms with van der Waals surface area (Å²) in [7, 11) is 0. The minimum Gasteiger partial charge on any atom is -0.309 e. The summed E-state index contributed by atoms with van der Waals surface area (Å²) < 4.78 is 7.27. The van der Waals surface area contributed by atoms with Gasteiger partial charge in [-0.1, -0.05) is 109 Å². The maximum absolute atomic E-state index is 3.87. The zero-order chi connectivity index (χ0) is 34.2. The Kier molecular flexibility index (Phi) is 6.28. The first-order valence-corrected chi connectivity index (χ1v) is 17.9. The van der Waals surface area contributed by atoms with E-state index in [-0.39, 0.29) is 6.17 Å². The van der Waals surface area contributed by atoms with E-state index in [2.05, 4.69) is 207 Å². The molecular weight excluding hydrogens is 633 g/mol. The van der Waals surface area contributed by atoms with Crippen molar-refractivity contribution in [2.45, 2.75) is 6.17 Å². The number of para-hydroxylation sites is 4. The maximum atomic E-state index is 3.87. The molecule has 1 aliphatic heterocycles. The van der Waals surface area contributed by atoms with E-state index in [1.165, 1.54) is 59.9 Å². The van der Waals surface area contributed by atoms with Crippen molar-refractivity contribution in [3.8, 4) is 11.4 Å². The normalized spacial score (nSPS) is 14.4. The van der Waals surface area contributed by atoms with Crippen LogP contribution in [0.25, 0.3) is 65.8 Å².